The van der Waals surface area contributed by atoms with E-state index in [1.165, 1.54) is 18.4 Å². The van der Waals surface area contributed by atoms with E-state index >= 15 is 0 Å². The molecule has 1 aromatic carbocycles. The summed E-state index contributed by atoms with van der Waals surface area (Å²) >= 11 is 5.91. The van der Waals surface area contributed by atoms with Crippen molar-refractivity contribution in [1.29, 1.82) is 0 Å². The number of hydrogen-bond donors (Lipinski definition) is 1. The zero-order chi connectivity index (χ0) is 14.5. The molecular formula is C16H23ClN2O. The maximum absolute atomic E-state index is 11.2. The van der Waals surface area contributed by atoms with E-state index in [-0.39, 0.29) is 11.8 Å². The van der Waals surface area contributed by atoms with Crippen LogP contribution in [0.15, 0.2) is 24.3 Å². The summed E-state index contributed by atoms with van der Waals surface area (Å²) in [6.45, 7) is 5.07. The van der Waals surface area contributed by atoms with Gasteiger partial charge in [-0.2, -0.15) is 0 Å². The van der Waals surface area contributed by atoms with Crippen molar-refractivity contribution in [2.24, 2.45) is 17.6 Å². The molecule has 3 nitrogen and oxygen atoms in total. The van der Waals surface area contributed by atoms with E-state index in [2.05, 4.69) is 17.0 Å². The van der Waals surface area contributed by atoms with Crippen LogP contribution in [0.4, 0.5) is 0 Å². The summed E-state index contributed by atoms with van der Waals surface area (Å²) in [5.74, 6) is 0.383. The monoisotopic (exact) mass is 294 g/mol. The first-order valence-electron chi connectivity index (χ1n) is 7.30. The Balaban J connectivity index is 1.87. The Kier molecular flexibility index (Phi) is 5.44. The number of nitrogens with zero attached hydrogens (tertiary/aromatic N) is 1. The molecule has 110 valence electrons. The van der Waals surface area contributed by atoms with Crippen LogP contribution in [0.5, 0.6) is 0 Å². The molecule has 2 N–H and O–H groups in total. The third-order valence-electron chi connectivity index (χ3n) is 4.10. The molecule has 20 heavy (non-hydrogen) atoms. The van der Waals surface area contributed by atoms with Gasteiger partial charge in [0.2, 0.25) is 5.91 Å². The van der Waals surface area contributed by atoms with Gasteiger partial charge in [0.15, 0.2) is 0 Å². The van der Waals surface area contributed by atoms with Gasteiger partial charge in [-0.25, -0.2) is 0 Å². The van der Waals surface area contributed by atoms with Crippen LogP contribution in [-0.4, -0.2) is 23.9 Å². The molecule has 4 heteroatoms. The summed E-state index contributed by atoms with van der Waals surface area (Å²) in [5, 5.41) is 0.778. The fourth-order valence-electron chi connectivity index (χ4n) is 2.95. The molecule has 1 saturated heterocycles. The maximum Gasteiger partial charge on any atom is 0.220 e. The molecule has 2 rings (SSSR count). The van der Waals surface area contributed by atoms with Crippen molar-refractivity contribution in [1.82, 2.24) is 4.90 Å². The van der Waals surface area contributed by atoms with Crippen molar-refractivity contribution in [3.8, 4) is 0 Å². The summed E-state index contributed by atoms with van der Waals surface area (Å²) in [7, 11) is 0. The van der Waals surface area contributed by atoms with Crippen LogP contribution in [0.2, 0.25) is 5.02 Å². The normalized spacial score (nSPS) is 21.6. The molecule has 1 aromatic rings. The zero-order valence-electron chi connectivity index (χ0n) is 12.0. The molecule has 0 radical (unpaired) electrons. The number of nitrogens with two attached hydrogens (primary N) is 1. The highest BCUT2D eigenvalue weighted by atomic mass is 35.5. The van der Waals surface area contributed by atoms with Gasteiger partial charge >= 0.3 is 0 Å². The minimum absolute atomic E-state index is 0.0181. The third-order valence-corrected chi connectivity index (χ3v) is 4.35. The first kappa shape index (κ1) is 15.3. The Bertz CT molecular complexity index is 446. The lowest BCUT2D eigenvalue weighted by molar-refractivity contribution is -0.121. The number of likely N-dealkylation sites (tertiary alicyclic amines) is 1. The van der Waals surface area contributed by atoms with Crippen LogP contribution >= 0.6 is 11.6 Å². The van der Waals surface area contributed by atoms with Gasteiger partial charge in [-0.15, -0.1) is 0 Å². The molecule has 0 bridgehead atoms. The number of halogens is 1. The van der Waals surface area contributed by atoms with E-state index in [1.807, 2.05) is 19.1 Å². The summed E-state index contributed by atoms with van der Waals surface area (Å²) in [6.07, 6.45) is 3.31. The lowest BCUT2D eigenvalue weighted by Gasteiger charge is -2.33. The fourth-order valence-corrected chi connectivity index (χ4v) is 3.08. The van der Waals surface area contributed by atoms with Gasteiger partial charge in [0, 0.05) is 24.0 Å². The third kappa shape index (κ3) is 4.50. The first-order valence-corrected chi connectivity index (χ1v) is 7.68. The Hall–Kier alpha value is -1.06. The molecule has 0 aromatic heterocycles. The topological polar surface area (TPSA) is 46.3 Å². The molecule has 0 aliphatic carbocycles. The van der Waals surface area contributed by atoms with E-state index in [0.717, 1.165) is 31.1 Å². The van der Waals surface area contributed by atoms with Gasteiger partial charge in [-0.1, -0.05) is 30.7 Å². The van der Waals surface area contributed by atoms with Crippen LogP contribution in [0, 0.1) is 11.8 Å². The molecule has 1 amide bonds. The maximum atomic E-state index is 11.2. The smallest absolute Gasteiger partial charge is 0.220 e. The minimum atomic E-state index is -0.181. The SMILES string of the molecule is CC(CC1CCCN(Cc2ccc(Cl)cc2)C1)C(N)=O. The highest BCUT2D eigenvalue weighted by Crippen LogP contribution is 2.24. The van der Waals surface area contributed by atoms with E-state index in [1.54, 1.807) is 0 Å². The highest BCUT2D eigenvalue weighted by molar-refractivity contribution is 6.30. The summed E-state index contributed by atoms with van der Waals surface area (Å²) < 4.78 is 0. The Morgan fingerprint density at radius 1 is 1.45 bits per heavy atom. The number of amides is 1. The number of benzene rings is 1. The average Bonchev–Trinajstić information content (AvgIpc) is 2.42. The molecule has 0 saturated carbocycles. The van der Waals surface area contributed by atoms with Gasteiger partial charge in [-0.05, 0) is 49.4 Å². The number of rotatable bonds is 5. The fraction of sp³-hybridized carbons (Fsp3) is 0.562. The number of carbonyl (C=O) groups is 1. The lowest BCUT2D eigenvalue weighted by Crippen LogP contribution is -2.36. The standard InChI is InChI=1S/C16H23ClN2O/c1-12(16(18)20)9-14-3-2-8-19(11-14)10-13-4-6-15(17)7-5-13/h4-7,12,14H,2-3,8-11H2,1H3,(H2,18,20). The van der Waals surface area contributed by atoms with Crippen molar-refractivity contribution in [3.05, 3.63) is 34.9 Å². The Morgan fingerprint density at radius 3 is 2.80 bits per heavy atom. The van der Waals surface area contributed by atoms with Gasteiger partial charge in [0.05, 0.1) is 0 Å². The van der Waals surface area contributed by atoms with E-state index < -0.39 is 0 Å². The van der Waals surface area contributed by atoms with Crippen LogP contribution in [0.25, 0.3) is 0 Å². The molecular weight excluding hydrogens is 272 g/mol. The van der Waals surface area contributed by atoms with Crippen molar-refractivity contribution < 1.29 is 4.79 Å². The number of piperidine rings is 1. The number of hydrogen-bond acceptors (Lipinski definition) is 2. The molecule has 2 unspecified atom stereocenters. The van der Waals surface area contributed by atoms with Gasteiger partial charge in [0.25, 0.3) is 0 Å². The van der Waals surface area contributed by atoms with Crippen molar-refractivity contribution in [3.63, 3.8) is 0 Å². The predicted molar refractivity (Wildman–Crippen MR) is 82.4 cm³/mol. The minimum Gasteiger partial charge on any atom is -0.369 e. The van der Waals surface area contributed by atoms with Gasteiger partial charge < -0.3 is 5.73 Å². The zero-order valence-corrected chi connectivity index (χ0v) is 12.8. The van der Waals surface area contributed by atoms with Crippen molar-refractivity contribution >= 4 is 17.5 Å². The highest BCUT2D eigenvalue weighted by Gasteiger charge is 2.23. The molecule has 1 aliphatic heterocycles. The van der Waals surface area contributed by atoms with Crippen LogP contribution in [0.1, 0.15) is 31.7 Å². The van der Waals surface area contributed by atoms with Crippen LogP contribution in [-0.2, 0) is 11.3 Å². The summed E-state index contributed by atoms with van der Waals surface area (Å²) in [4.78, 5) is 13.6. The van der Waals surface area contributed by atoms with E-state index in [9.17, 15) is 4.79 Å². The van der Waals surface area contributed by atoms with E-state index in [4.69, 9.17) is 17.3 Å². The van der Waals surface area contributed by atoms with Gasteiger partial charge in [-0.3, -0.25) is 9.69 Å². The molecule has 2 atom stereocenters. The van der Waals surface area contributed by atoms with Crippen LogP contribution in [0.3, 0.4) is 0 Å². The molecule has 0 spiro atoms. The first-order chi connectivity index (χ1) is 9.54. The predicted octanol–water partition coefficient (Wildman–Crippen LogP) is 3.06. The second kappa shape index (κ2) is 7.09. The number of primary amides is 1. The quantitative estimate of drug-likeness (QED) is 0.907. The number of carbonyl (C=O) groups excluding carboxylic acids is 1. The van der Waals surface area contributed by atoms with Crippen molar-refractivity contribution in [2.75, 3.05) is 13.1 Å². The lowest BCUT2D eigenvalue weighted by atomic mass is 9.88. The second-order valence-electron chi connectivity index (χ2n) is 5.91. The van der Waals surface area contributed by atoms with Crippen LogP contribution < -0.4 is 5.73 Å². The molecule has 1 heterocycles. The second-order valence-corrected chi connectivity index (χ2v) is 6.35. The van der Waals surface area contributed by atoms with E-state index in [0.29, 0.717) is 5.92 Å². The Labute approximate surface area is 126 Å². The van der Waals surface area contributed by atoms with Gasteiger partial charge in [0.1, 0.15) is 0 Å². The molecule has 1 aliphatic rings. The van der Waals surface area contributed by atoms with Crippen molar-refractivity contribution in [2.45, 2.75) is 32.7 Å². The summed E-state index contributed by atoms with van der Waals surface area (Å²) in [6, 6.07) is 8.04. The molecule has 1 fully saturated rings. The largest absolute Gasteiger partial charge is 0.369 e. The average molecular weight is 295 g/mol. The summed E-state index contributed by atoms with van der Waals surface area (Å²) in [5.41, 5.74) is 6.65. The Morgan fingerprint density at radius 2 is 2.15 bits per heavy atom.